The van der Waals surface area contributed by atoms with Gasteiger partial charge in [-0.2, -0.15) is 0 Å². The molecular weight excluding hydrogens is 628 g/mol. The molecule has 226 valence electrons. The normalized spacial score (nSPS) is 12.5. The zero-order valence-corrected chi connectivity index (χ0v) is 26.5. The summed E-state index contributed by atoms with van der Waals surface area (Å²) in [5, 5.41) is 3.00. The number of carbonyl (C=O) groups is 2. The maximum atomic E-state index is 13.9. The minimum atomic E-state index is -3.86. The van der Waals surface area contributed by atoms with Gasteiger partial charge in [-0.25, -0.2) is 17.2 Å². The Morgan fingerprint density at radius 3 is 2.14 bits per heavy atom. The molecule has 7 nitrogen and oxygen atoms in total. The second-order valence-electron chi connectivity index (χ2n) is 11.1. The van der Waals surface area contributed by atoms with Gasteiger partial charge < -0.3 is 10.2 Å². The number of rotatable bonds is 12. The van der Waals surface area contributed by atoms with Gasteiger partial charge in [0.15, 0.2) is 11.6 Å². The molecule has 0 aromatic heterocycles. The van der Waals surface area contributed by atoms with E-state index in [0.717, 1.165) is 38.3 Å². The Labute approximate surface area is 255 Å². The standard InChI is InChI=1S/C31H36BrF2N3O4S/c1-31(2,3)35-30(39)28(19-22-9-6-5-7-10-22)36(21-23-12-14-24(32)15-13-23)29(38)11-8-18-37(42(4,40)41)25-16-17-26(33)27(34)20-25/h5-7,9-10,12-17,20,28H,8,11,18-19,21H2,1-4H3,(H,35,39)/t28-/m0/s1. The highest BCUT2D eigenvalue weighted by atomic mass is 79.9. The smallest absolute Gasteiger partial charge is 0.243 e. The monoisotopic (exact) mass is 663 g/mol. The van der Waals surface area contributed by atoms with Crippen LogP contribution in [0, 0.1) is 11.6 Å². The molecule has 0 bridgehead atoms. The first-order chi connectivity index (χ1) is 19.6. The lowest BCUT2D eigenvalue weighted by atomic mass is 10.00. The average molecular weight is 665 g/mol. The van der Waals surface area contributed by atoms with Gasteiger partial charge in [0.1, 0.15) is 6.04 Å². The van der Waals surface area contributed by atoms with E-state index in [4.69, 9.17) is 0 Å². The maximum Gasteiger partial charge on any atom is 0.243 e. The molecule has 0 fully saturated rings. The predicted octanol–water partition coefficient (Wildman–Crippen LogP) is 5.83. The molecule has 0 radical (unpaired) electrons. The molecule has 0 heterocycles. The zero-order chi connectivity index (χ0) is 31.1. The van der Waals surface area contributed by atoms with Crippen LogP contribution < -0.4 is 9.62 Å². The highest BCUT2D eigenvalue weighted by Gasteiger charge is 2.32. The van der Waals surface area contributed by atoms with Gasteiger partial charge in [0.05, 0.1) is 11.9 Å². The summed E-state index contributed by atoms with van der Waals surface area (Å²) in [6.07, 6.45) is 1.24. The van der Waals surface area contributed by atoms with Crippen molar-refractivity contribution in [2.75, 3.05) is 17.1 Å². The summed E-state index contributed by atoms with van der Waals surface area (Å²) < 4.78 is 54.2. The van der Waals surface area contributed by atoms with Crippen molar-refractivity contribution in [3.8, 4) is 0 Å². The van der Waals surface area contributed by atoms with Crippen molar-refractivity contribution in [3.05, 3.63) is 100 Å². The number of nitrogens with one attached hydrogen (secondary N) is 1. The molecular formula is C31H36BrF2N3O4S. The van der Waals surface area contributed by atoms with Crippen LogP contribution in [0.1, 0.15) is 44.7 Å². The first kappa shape index (κ1) is 33.2. The van der Waals surface area contributed by atoms with Gasteiger partial charge >= 0.3 is 0 Å². The first-order valence-corrected chi connectivity index (χ1v) is 16.1. The second kappa shape index (κ2) is 14.2. The Balaban J connectivity index is 1.90. The molecule has 3 aromatic carbocycles. The molecule has 0 aliphatic heterocycles. The maximum absolute atomic E-state index is 13.9. The van der Waals surface area contributed by atoms with E-state index < -0.39 is 33.2 Å². The molecule has 0 spiro atoms. The van der Waals surface area contributed by atoms with E-state index in [1.807, 2.05) is 75.4 Å². The summed E-state index contributed by atoms with van der Waals surface area (Å²) in [4.78, 5) is 29.0. The van der Waals surface area contributed by atoms with Crippen LogP contribution >= 0.6 is 15.9 Å². The summed E-state index contributed by atoms with van der Waals surface area (Å²) in [6.45, 7) is 5.61. The Bertz CT molecular complexity index is 1480. The Kier molecular flexibility index (Phi) is 11.3. The second-order valence-corrected chi connectivity index (χ2v) is 14.0. The van der Waals surface area contributed by atoms with E-state index >= 15 is 0 Å². The molecule has 0 saturated carbocycles. The molecule has 1 N–H and O–H groups in total. The molecule has 1 atom stereocenters. The van der Waals surface area contributed by atoms with Crippen molar-refractivity contribution in [1.82, 2.24) is 10.2 Å². The van der Waals surface area contributed by atoms with Gasteiger partial charge in [-0.15, -0.1) is 0 Å². The van der Waals surface area contributed by atoms with Gasteiger partial charge in [-0.1, -0.05) is 58.4 Å². The number of hydrogen-bond donors (Lipinski definition) is 1. The number of halogens is 3. The molecule has 0 saturated heterocycles. The lowest BCUT2D eigenvalue weighted by Crippen LogP contribution is -2.54. The van der Waals surface area contributed by atoms with Crippen molar-refractivity contribution < 1.29 is 26.8 Å². The lowest BCUT2D eigenvalue weighted by Gasteiger charge is -2.34. The molecule has 2 amide bonds. The number of benzene rings is 3. The number of carbonyl (C=O) groups excluding carboxylic acids is 2. The summed E-state index contributed by atoms with van der Waals surface area (Å²) in [7, 11) is -3.86. The Morgan fingerprint density at radius 2 is 1.57 bits per heavy atom. The van der Waals surface area contributed by atoms with Crippen LogP contribution in [0.3, 0.4) is 0 Å². The fraction of sp³-hybridized carbons (Fsp3) is 0.355. The van der Waals surface area contributed by atoms with Crippen LogP contribution in [0.2, 0.25) is 0 Å². The van der Waals surface area contributed by atoms with E-state index in [2.05, 4.69) is 21.2 Å². The molecule has 11 heteroatoms. The number of nitrogens with zero attached hydrogens (tertiary/aromatic N) is 2. The van der Waals surface area contributed by atoms with Crippen LogP contribution in [-0.4, -0.2) is 49.5 Å². The van der Waals surface area contributed by atoms with Crippen LogP contribution in [0.25, 0.3) is 0 Å². The topological polar surface area (TPSA) is 86.8 Å². The van der Waals surface area contributed by atoms with Crippen molar-refractivity contribution in [2.24, 2.45) is 0 Å². The van der Waals surface area contributed by atoms with E-state index in [0.29, 0.717) is 0 Å². The van der Waals surface area contributed by atoms with E-state index in [9.17, 15) is 26.8 Å². The van der Waals surface area contributed by atoms with Gasteiger partial charge in [0, 0.05) is 42.0 Å². The molecule has 3 rings (SSSR count). The van der Waals surface area contributed by atoms with Gasteiger partial charge in [0.25, 0.3) is 0 Å². The van der Waals surface area contributed by atoms with E-state index in [-0.39, 0.29) is 49.9 Å². The Hall–Kier alpha value is -3.31. The number of sulfonamides is 1. The molecule has 0 aliphatic carbocycles. The minimum absolute atomic E-state index is 0.0397. The van der Waals surface area contributed by atoms with Crippen molar-refractivity contribution >= 4 is 43.5 Å². The highest BCUT2D eigenvalue weighted by molar-refractivity contribution is 9.10. The average Bonchev–Trinajstić information content (AvgIpc) is 2.90. The van der Waals surface area contributed by atoms with Gasteiger partial charge in [-0.05, 0) is 62.6 Å². The number of hydrogen-bond acceptors (Lipinski definition) is 4. The summed E-state index contributed by atoms with van der Waals surface area (Å²) >= 11 is 3.42. The SMILES string of the molecule is CC(C)(C)NC(=O)[C@H](Cc1ccccc1)N(Cc1ccc(Br)cc1)C(=O)CCCN(c1ccc(F)c(F)c1)S(C)(=O)=O. The van der Waals surface area contributed by atoms with Crippen LogP contribution in [0.15, 0.2) is 77.3 Å². The number of anilines is 1. The summed E-state index contributed by atoms with van der Waals surface area (Å²) in [5.74, 6) is -2.92. The van der Waals surface area contributed by atoms with E-state index in [1.54, 1.807) is 0 Å². The lowest BCUT2D eigenvalue weighted by molar-refractivity contribution is -0.142. The van der Waals surface area contributed by atoms with Gasteiger partial charge in [-0.3, -0.25) is 13.9 Å². The third kappa shape index (κ3) is 9.90. The zero-order valence-electron chi connectivity index (χ0n) is 24.1. The first-order valence-electron chi connectivity index (χ1n) is 13.5. The van der Waals surface area contributed by atoms with Crippen LogP contribution in [0.4, 0.5) is 14.5 Å². The molecule has 0 aliphatic rings. The quantitative estimate of drug-likeness (QED) is 0.264. The molecule has 0 unspecified atom stereocenters. The predicted molar refractivity (Wildman–Crippen MR) is 164 cm³/mol. The van der Waals surface area contributed by atoms with Crippen molar-refractivity contribution in [2.45, 2.75) is 58.2 Å². The number of amides is 2. The fourth-order valence-corrected chi connectivity index (χ4v) is 5.66. The van der Waals surface area contributed by atoms with E-state index in [1.165, 1.54) is 11.0 Å². The van der Waals surface area contributed by atoms with Crippen LogP contribution in [0.5, 0.6) is 0 Å². The third-order valence-corrected chi connectivity index (χ3v) is 8.10. The summed E-state index contributed by atoms with van der Waals surface area (Å²) in [5.41, 5.74) is 1.11. The minimum Gasteiger partial charge on any atom is -0.350 e. The molecule has 3 aromatic rings. The Morgan fingerprint density at radius 1 is 0.929 bits per heavy atom. The molecule has 42 heavy (non-hydrogen) atoms. The van der Waals surface area contributed by atoms with Crippen molar-refractivity contribution in [1.29, 1.82) is 0 Å². The highest BCUT2D eigenvalue weighted by Crippen LogP contribution is 2.23. The van der Waals surface area contributed by atoms with Crippen LogP contribution in [-0.2, 0) is 32.6 Å². The largest absolute Gasteiger partial charge is 0.350 e. The van der Waals surface area contributed by atoms with Gasteiger partial charge in [0.2, 0.25) is 21.8 Å². The third-order valence-electron chi connectivity index (χ3n) is 6.38. The fourth-order valence-electron chi connectivity index (χ4n) is 4.44. The summed E-state index contributed by atoms with van der Waals surface area (Å²) in [6, 6.07) is 18.8. The van der Waals surface area contributed by atoms with Crippen molar-refractivity contribution in [3.63, 3.8) is 0 Å².